The Labute approximate surface area is 171 Å². The van der Waals surface area contributed by atoms with Crippen molar-refractivity contribution in [2.75, 3.05) is 18.5 Å². The van der Waals surface area contributed by atoms with Gasteiger partial charge in [-0.15, -0.1) is 0 Å². The molecular weight excluding hydrogens is 392 g/mol. The number of carbonyl (C=O) groups excluding carboxylic acids is 1. The fraction of sp³-hybridized carbons (Fsp3) is 0.450. The number of carbonyl (C=O) groups is 1. The number of aromatic nitrogens is 2. The third-order valence-corrected chi connectivity index (χ3v) is 6.36. The molecule has 1 aromatic carbocycles. The number of hydrogen-bond acceptors (Lipinski definition) is 7. The van der Waals surface area contributed by atoms with Crippen LogP contribution in [-0.4, -0.2) is 43.5 Å². The highest BCUT2D eigenvalue weighted by Gasteiger charge is 2.22. The van der Waals surface area contributed by atoms with Gasteiger partial charge in [-0.1, -0.05) is 25.0 Å². The lowest BCUT2D eigenvalue weighted by Gasteiger charge is -2.13. The van der Waals surface area contributed by atoms with Crippen molar-refractivity contribution in [1.82, 2.24) is 14.7 Å². The van der Waals surface area contributed by atoms with Gasteiger partial charge < -0.3 is 10.1 Å². The fourth-order valence-electron chi connectivity index (χ4n) is 3.32. The highest BCUT2D eigenvalue weighted by molar-refractivity contribution is 7.89. The number of ether oxygens (including phenoxy) is 1. The molecule has 0 radical (unpaired) electrons. The Morgan fingerprint density at radius 3 is 2.62 bits per heavy atom. The van der Waals surface area contributed by atoms with Crippen molar-refractivity contribution in [2.45, 2.75) is 50.0 Å². The Morgan fingerprint density at radius 1 is 1.21 bits per heavy atom. The Morgan fingerprint density at radius 2 is 1.93 bits per heavy atom. The summed E-state index contributed by atoms with van der Waals surface area (Å²) in [6.07, 6.45) is 7.38. The highest BCUT2D eigenvalue weighted by Crippen LogP contribution is 2.20. The molecule has 8 nitrogen and oxygen atoms in total. The number of hydrogen-bond donors (Lipinski definition) is 2. The van der Waals surface area contributed by atoms with Crippen molar-refractivity contribution < 1.29 is 17.9 Å². The van der Waals surface area contributed by atoms with E-state index < -0.39 is 16.0 Å². The van der Waals surface area contributed by atoms with Crippen LogP contribution in [0.3, 0.4) is 0 Å². The van der Waals surface area contributed by atoms with Gasteiger partial charge in [-0.3, -0.25) is 0 Å². The van der Waals surface area contributed by atoms with E-state index in [2.05, 4.69) is 20.0 Å². The normalized spacial score (nSPS) is 14.7. The molecule has 2 N–H and O–H groups in total. The predicted octanol–water partition coefficient (Wildman–Crippen LogP) is 2.53. The van der Waals surface area contributed by atoms with Gasteiger partial charge in [-0.25, -0.2) is 27.9 Å². The number of nitrogens with zero attached hydrogens (tertiary/aromatic N) is 2. The van der Waals surface area contributed by atoms with Crippen LogP contribution in [0.15, 0.2) is 41.7 Å². The van der Waals surface area contributed by atoms with Crippen LogP contribution in [-0.2, 0) is 21.2 Å². The molecule has 1 aliphatic rings. The molecule has 0 atom stereocenters. The molecule has 0 bridgehead atoms. The number of benzene rings is 1. The van der Waals surface area contributed by atoms with Crippen LogP contribution in [0.2, 0.25) is 0 Å². The first-order valence-electron chi connectivity index (χ1n) is 9.82. The number of anilines is 1. The van der Waals surface area contributed by atoms with E-state index in [4.69, 9.17) is 4.74 Å². The van der Waals surface area contributed by atoms with Gasteiger partial charge in [0.25, 0.3) is 0 Å². The predicted molar refractivity (Wildman–Crippen MR) is 109 cm³/mol. The van der Waals surface area contributed by atoms with E-state index in [1.165, 1.54) is 12.5 Å². The summed E-state index contributed by atoms with van der Waals surface area (Å²) in [5.74, 6) is -0.0571. The molecule has 2 aromatic rings. The minimum atomic E-state index is -3.48. The average molecular weight is 419 g/mol. The zero-order valence-electron chi connectivity index (χ0n) is 16.4. The third-order valence-electron chi connectivity index (χ3n) is 4.82. The standard InChI is InChI=1S/C20H26N4O4S/c1-2-28-20(25)18-13-21-14-23-19(18)22-12-11-15-7-9-17(10-8-15)29(26,27)24-16-5-3-4-6-16/h7-10,13-14,16,24H,2-6,11-12H2,1H3,(H,21,22,23). The van der Waals surface area contributed by atoms with Crippen LogP contribution >= 0.6 is 0 Å². The van der Waals surface area contributed by atoms with Crippen LogP contribution < -0.4 is 10.0 Å². The lowest BCUT2D eigenvalue weighted by molar-refractivity contribution is 0.0526. The topological polar surface area (TPSA) is 110 Å². The van der Waals surface area contributed by atoms with Crippen molar-refractivity contribution in [2.24, 2.45) is 0 Å². The second kappa shape index (κ2) is 9.80. The van der Waals surface area contributed by atoms with E-state index in [0.717, 1.165) is 31.2 Å². The van der Waals surface area contributed by atoms with Gasteiger partial charge in [0, 0.05) is 18.8 Å². The second-order valence-electron chi connectivity index (χ2n) is 6.93. The van der Waals surface area contributed by atoms with E-state index in [1.54, 1.807) is 31.2 Å². The molecule has 1 aromatic heterocycles. The van der Waals surface area contributed by atoms with E-state index in [1.807, 2.05) is 0 Å². The molecular formula is C20H26N4O4S. The summed E-state index contributed by atoms with van der Waals surface area (Å²) in [6.45, 7) is 2.54. The molecule has 29 heavy (non-hydrogen) atoms. The van der Waals surface area contributed by atoms with Crippen LogP contribution in [0.1, 0.15) is 48.5 Å². The van der Waals surface area contributed by atoms with Crippen LogP contribution in [0.4, 0.5) is 5.82 Å². The average Bonchev–Trinajstić information content (AvgIpc) is 3.21. The zero-order chi connectivity index (χ0) is 20.7. The first kappa shape index (κ1) is 21.2. The smallest absolute Gasteiger partial charge is 0.343 e. The molecule has 0 amide bonds. The summed E-state index contributed by atoms with van der Waals surface area (Å²) in [5.41, 5.74) is 1.26. The summed E-state index contributed by atoms with van der Waals surface area (Å²) in [5, 5.41) is 3.11. The number of esters is 1. The summed E-state index contributed by atoms with van der Waals surface area (Å²) in [7, 11) is -3.48. The maximum atomic E-state index is 12.5. The molecule has 9 heteroatoms. The minimum absolute atomic E-state index is 0.0466. The van der Waals surface area contributed by atoms with Crippen LogP contribution in [0.5, 0.6) is 0 Å². The Balaban J connectivity index is 1.56. The fourth-order valence-corrected chi connectivity index (χ4v) is 4.63. The Kier molecular flexibility index (Phi) is 7.16. The lowest BCUT2D eigenvalue weighted by Crippen LogP contribution is -2.32. The molecule has 0 saturated heterocycles. The summed E-state index contributed by atoms with van der Waals surface area (Å²) >= 11 is 0. The van der Waals surface area contributed by atoms with Crippen molar-refractivity contribution in [3.63, 3.8) is 0 Å². The van der Waals surface area contributed by atoms with E-state index >= 15 is 0 Å². The van der Waals surface area contributed by atoms with Gasteiger partial charge in [-0.2, -0.15) is 0 Å². The number of sulfonamides is 1. The molecule has 1 aliphatic carbocycles. The first-order valence-corrected chi connectivity index (χ1v) is 11.3. The summed E-state index contributed by atoms with van der Waals surface area (Å²) in [6, 6.07) is 6.90. The maximum absolute atomic E-state index is 12.5. The largest absolute Gasteiger partial charge is 0.462 e. The van der Waals surface area contributed by atoms with Gasteiger partial charge >= 0.3 is 5.97 Å². The quantitative estimate of drug-likeness (QED) is 0.602. The van der Waals surface area contributed by atoms with Gasteiger partial charge in [0.15, 0.2) is 0 Å². The third kappa shape index (κ3) is 5.74. The number of nitrogens with one attached hydrogen (secondary N) is 2. The molecule has 3 rings (SSSR count). The van der Waals surface area contributed by atoms with E-state index in [0.29, 0.717) is 18.8 Å². The van der Waals surface area contributed by atoms with Crippen molar-refractivity contribution >= 4 is 21.8 Å². The highest BCUT2D eigenvalue weighted by atomic mass is 32.2. The van der Waals surface area contributed by atoms with E-state index in [-0.39, 0.29) is 23.1 Å². The molecule has 0 aliphatic heterocycles. The van der Waals surface area contributed by atoms with E-state index in [9.17, 15) is 13.2 Å². The van der Waals surface area contributed by atoms with Gasteiger partial charge in [0.05, 0.1) is 11.5 Å². The maximum Gasteiger partial charge on any atom is 0.343 e. The Bertz CT molecular complexity index is 926. The molecule has 1 heterocycles. The molecule has 0 spiro atoms. The first-order chi connectivity index (χ1) is 14.0. The molecule has 1 fully saturated rings. The van der Waals surface area contributed by atoms with Crippen molar-refractivity contribution in [1.29, 1.82) is 0 Å². The van der Waals surface area contributed by atoms with Gasteiger partial charge in [0.2, 0.25) is 10.0 Å². The SMILES string of the molecule is CCOC(=O)c1cncnc1NCCc1ccc(S(=O)(=O)NC2CCCC2)cc1. The van der Waals surface area contributed by atoms with Gasteiger partial charge in [-0.05, 0) is 43.9 Å². The summed E-state index contributed by atoms with van der Waals surface area (Å²) < 4.78 is 32.7. The van der Waals surface area contributed by atoms with Crippen molar-refractivity contribution in [3.05, 3.63) is 47.9 Å². The zero-order valence-corrected chi connectivity index (χ0v) is 17.2. The summed E-state index contributed by atoms with van der Waals surface area (Å²) in [4.78, 5) is 20.2. The van der Waals surface area contributed by atoms with Gasteiger partial charge in [0.1, 0.15) is 17.7 Å². The van der Waals surface area contributed by atoms with Crippen LogP contribution in [0.25, 0.3) is 0 Å². The monoisotopic (exact) mass is 418 g/mol. The van der Waals surface area contributed by atoms with Crippen molar-refractivity contribution in [3.8, 4) is 0 Å². The lowest BCUT2D eigenvalue weighted by atomic mass is 10.1. The second-order valence-corrected chi connectivity index (χ2v) is 8.64. The number of rotatable bonds is 9. The molecule has 0 unspecified atom stereocenters. The van der Waals surface area contributed by atoms with Crippen LogP contribution in [0, 0.1) is 0 Å². The minimum Gasteiger partial charge on any atom is -0.462 e. The molecule has 156 valence electrons. The Hall–Kier alpha value is -2.52. The molecule has 1 saturated carbocycles.